The largest absolute Gasteiger partial charge is 0.276 e. The van der Waals surface area contributed by atoms with Gasteiger partial charge in [-0.1, -0.05) is 32.4 Å². The summed E-state index contributed by atoms with van der Waals surface area (Å²) < 4.78 is 71.0. The van der Waals surface area contributed by atoms with Crippen LogP contribution in [0.15, 0.2) is 47.5 Å². The predicted molar refractivity (Wildman–Crippen MR) is 134 cm³/mol. The van der Waals surface area contributed by atoms with Crippen LogP contribution in [0, 0.1) is 17.5 Å². The van der Waals surface area contributed by atoms with E-state index in [4.69, 9.17) is 23.2 Å². The van der Waals surface area contributed by atoms with Crippen LogP contribution in [0.1, 0.15) is 25.8 Å². The number of hydrogen-bond donors (Lipinski definition) is 1. The van der Waals surface area contributed by atoms with E-state index in [1.54, 1.807) is 6.07 Å². The summed E-state index contributed by atoms with van der Waals surface area (Å²) in [5, 5.41) is 0.590. The first-order valence-corrected chi connectivity index (χ1v) is 13.3. The van der Waals surface area contributed by atoms with E-state index in [1.807, 2.05) is 25.5 Å². The van der Waals surface area contributed by atoms with Gasteiger partial charge in [0.15, 0.2) is 5.82 Å². The minimum Gasteiger partial charge on any atom is -0.276 e. The second-order valence-corrected chi connectivity index (χ2v) is 12.1. The molecule has 0 aliphatic heterocycles. The molecule has 0 spiro atoms. The molecule has 188 valence electrons. The zero-order valence-corrected chi connectivity index (χ0v) is 22.1. The Morgan fingerprint density at radius 1 is 1.00 bits per heavy atom. The Kier molecular flexibility index (Phi) is 7.04. The van der Waals surface area contributed by atoms with Gasteiger partial charge in [-0.15, -0.1) is 11.3 Å². The Labute approximate surface area is 219 Å². The van der Waals surface area contributed by atoms with Crippen molar-refractivity contribution in [3.05, 3.63) is 75.4 Å². The molecule has 0 saturated carbocycles. The van der Waals surface area contributed by atoms with E-state index in [0.29, 0.717) is 27.7 Å². The highest BCUT2D eigenvalue weighted by atomic mass is 35.5. The van der Waals surface area contributed by atoms with E-state index in [-0.39, 0.29) is 21.6 Å². The van der Waals surface area contributed by atoms with Crippen molar-refractivity contribution in [3.63, 3.8) is 0 Å². The van der Waals surface area contributed by atoms with Gasteiger partial charge in [0, 0.05) is 22.2 Å². The highest BCUT2D eigenvalue weighted by Crippen LogP contribution is 2.43. The molecule has 0 unspecified atom stereocenters. The fraction of sp³-hybridized carbons (Fsp3) is 0.174. The third-order valence-electron chi connectivity index (χ3n) is 4.85. The molecule has 13 heteroatoms. The molecule has 0 saturated heterocycles. The first kappa shape index (κ1) is 26.3. The molecule has 2 aromatic carbocycles. The van der Waals surface area contributed by atoms with Crippen molar-refractivity contribution in [2.45, 2.75) is 31.1 Å². The van der Waals surface area contributed by atoms with Gasteiger partial charge in [-0.2, -0.15) is 0 Å². The SMILES string of the molecule is CC(C)(C)c1nc(-c2cc(Cl)cc(NS(=O)(=O)c3cc(F)ccc3F)c2F)c(-c2ccnc(Cl)n2)s1. The lowest BCUT2D eigenvalue weighted by molar-refractivity contribution is 0.555. The third-order valence-corrected chi connectivity index (χ3v) is 8.13. The van der Waals surface area contributed by atoms with Gasteiger partial charge >= 0.3 is 0 Å². The Morgan fingerprint density at radius 2 is 1.72 bits per heavy atom. The molecule has 0 bridgehead atoms. The van der Waals surface area contributed by atoms with Crippen molar-refractivity contribution in [3.8, 4) is 21.8 Å². The highest BCUT2D eigenvalue weighted by molar-refractivity contribution is 7.92. The van der Waals surface area contributed by atoms with Crippen LogP contribution in [-0.4, -0.2) is 23.4 Å². The van der Waals surface area contributed by atoms with Gasteiger partial charge < -0.3 is 0 Å². The van der Waals surface area contributed by atoms with E-state index in [0.717, 1.165) is 12.1 Å². The van der Waals surface area contributed by atoms with Gasteiger partial charge in [-0.3, -0.25) is 4.72 Å². The maximum absolute atomic E-state index is 15.8. The third kappa shape index (κ3) is 5.34. The minimum absolute atomic E-state index is 0.0266. The maximum Gasteiger partial charge on any atom is 0.265 e. The van der Waals surface area contributed by atoms with Gasteiger partial charge in [0.05, 0.1) is 27.0 Å². The zero-order valence-electron chi connectivity index (χ0n) is 18.9. The summed E-state index contributed by atoms with van der Waals surface area (Å²) in [7, 11) is -4.71. The van der Waals surface area contributed by atoms with Crippen LogP contribution in [0.5, 0.6) is 0 Å². The second kappa shape index (κ2) is 9.62. The maximum atomic E-state index is 15.8. The van der Waals surface area contributed by atoms with E-state index < -0.39 is 43.5 Å². The summed E-state index contributed by atoms with van der Waals surface area (Å²) in [6.07, 6.45) is 1.44. The molecule has 36 heavy (non-hydrogen) atoms. The lowest BCUT2D eigenvalue weighted by atomic mass is 9.98. The molecule has 0 fully saturated rings. The molecule has 0 radical (unpaired) electrons. The van der Waals surface area contributed by atoms with Gasteiger partial charge in [-0.25, -0.2) is 36.5 Å². The van der Waals surface area contributed by atoms with Gasteiger partial charge in [0.25, 0.3) is 10.0 Å². The quantitative estimate of drug-likeness (QED) is 0.258. The lowest BCUT2D eigenvalue weighted by Crippen LogP contribution is -2.16. The molecule has 2 aromatic heterocycles. The predicted octanol–water partition coefficient (Wildman–Crippen LogP) is 7.09. The number of nitrogens with one attached hydrogen (secondary N) is 1. The van der Waals surface area contributed by atoms with Crippen molar-refractivity contribution >= 4 is 50.2 Å². The van der Waals surface area contributed by atoms with E-state index >= 15 is 4.39 Å². The smallest absolute Gasteiger partial charge is 0.265 e. The van der Waals surface area contributed by atoms with Crippen molar-refractivity contribution in [1.82, 2.24) is 15.0 Å². The Bertz CT molecular complexity index is 1590. The molecular weight excluding hydrogens is 556 g/mol. The van der Waals surface area contributed by atoms with Gasteiger partial charge in [0.1, 0.15) is 16.5 Å². The summed E-state index contributed by atoms with van der Waals surface area (Å²) >= 11 is 13.4. The van der Waals surface area contributed by atoms with Gasteiger partial charge in [0.2, 0.25) is 5.28 Å². The molecular formula is C23H17Cl2F3N4O2S2. The molecule has 0 aliphatic carbocycles. The number of anilines is 1. The summed E-state index contributed by atoms with van der Waals surface area (Å²) in [6.45, 7) is 5.77. The van der Waals surface area contributed by atoms with E-state index in [2.05, 4.69) is 15.0 Å². The van der Waals surface area contributed by atoms with E-state index in [1.165, 1.54) is 23.6 Å². The van der Waals surface area contributed by atoms with Crippen LogP contribution < -0.4 is 4.72 Å². The molecule has 2 heterocycles. The topological polar surface area (TPSA) is 84.8 Å². The van der Waals surface area contributed by atoms with Crippen molar-refractivity contribution in [2.75, 3.05) is 4.72 Å². The average molecular weight is 573 g/mol. The fourth-order valence-corrected chi connectivity index (χ4v) is 5.79. The molecule has 4 rings (SSSR count). The monoisotopic (exact) mass is 572 g/mol. The number of sulfonamides is 1. The normalized spacial score (nSPS) is 12.1. The van der Waals surface area contributed by atoms with E-state index in [9.17, 15) is 17.2 Å². The van der Waals surface area contributed by atoms with Gasteiger partial charge in [-0.05, 0) is 48.0 Å². The number of aromatic nitrogens is 3. The Hall–Kier alpha value is -2.73. The lowest BCUT2D eigenvalue weighted by Gasteiger charge is -2.14. The summed E-state index contributed by atoms with van der Waals surface area (Å²) in [6, 6.07) is 5.80. The number of nitrogens with zero attached hydrogens (tertiary/aromatic N) is 3. The number of hydrogen-bond acceptors (Lipinski definition) is 6. The fourth-order valence-electron chi connectivity index (χ4n) is 3.18. The summed E-state index contributed by atoms with van der Waals surface area (Å²) in [5.41, 5.74) is -0.587. The van der Waals surface area contributed by atoms with Crippen molar-refractivity contribution in [1.29, 1.82) is 0 Å². The first-order chi connectivity index (χ1) is 16.8. The van der Waals surface area contributed by atoms with Crippen LogP contribution in [0.4, 0.5) is 18.9 Å². The summed E-state index contributed by atoms with van der Waals surface area (Å²) in [5.74, 6) is -3.20. The average Bonchev–Trinajstić information content (AvgIpc) is 3.23. The van der Waals surface area contributed by atoms with Crippen LogP contribution in [0.2, 0.25) is 10.3 Å². The summed E-state index contributed by atoms with van der Waals surface area (Å²) in [4.78, 5) is 12.1. The molecule has 0 atom stereocenters. The van der Waals surface area contributed by atoms with Crippen LogP contribution in [-0.2, 0) is 15.4 Å². The van der Waals surface area contributed by atoms with Crippen molar-refractivity contribution < 1.29 is 21.6 Å². The molecule has 6 nitrogen and oxygen atoms in total. The molecule has 4 aromatic rings. The highest BCUT2D eigenvalue weighted by Gasteiger charge is 2.28. The Morgan fingerprint density at radius 3 is 2.39 bits per heavy atom. The minimum atomic E-state index is -4.71. The molecule has 0 aliphatic rings. The zero-order chi connectivity index (χ0) is 26.4. The van der Waals surface area contributed by atoms with Crippen LogP contribution in [0.3, 0.4) is 0 Å². The molecule has 0 amide bonds. The number of thiazole rings is 1. The second-order valence-electron chi connectivity index (χ2n) is 8.65. The number of halogens is 5. The molecule has 1 N–H and O–H groups in total. The standard InChI is InChI=1S/C23H17Cl2F3N4O2S2/c1-23(2,3)21-31-19(20(35-21)15-6-7-29-22(25)30-15)13-8-11(24)9-16(18(13)28)32-36(33,34)17-10-12(26)4-5-14(17)27/h4-10,32H,1-3H3. The first-order valence-electron chi connectivity index (χ1n) is 10.2. The van der Waals surface area contributed by atoms with Crippen LogP contribution >= 0.6 is 34.5 Å². The Balaban J connectivity index is 1.89. The number of benzene rings is 2. The number of rotatable bonds is 5. The van der Waals surface area contributed by atoms with Crippen molar-refractivity contribution in [2.24, 2.45) is 0 Å². The van der Waals surface area contributed by atoms with Crippen LogP contribution in [0.25, 0.3) is 21.8 Å².